The van der Waals surface area contributed by atoms with Crippen LogP contribution in [0.1, 0.15) is 65.5 Å². The topological polar surface area (TPSA) is 71.1 Å². The van der Waals surface area contributed by atoms with Crippen LogP contribution in [0.2, 0.25) is 0 Å². The van der Waals surface area contributed by atoms with E-state index in [0.29, 0.717) is 12.8 Å². The van der Waals surface area contributed by atoms with Gasteiger partial charge in [-0.1, -0.05) is 35.9 Å². The zero-order valence-electron chi connectivity index (χ0n) is 19.3. The summed E-state index contributed by atoms with van der Waals surface area (Å²) in [7, 11) is -7.37. The first-order valence-electron chi connectivity index (χ1n) is 10.8. The van der Waals surface area contributed by atoms with Gasteiger partial charge in [-0.2, -0.15) is 0 Å². The largest absolute Gasteiger partial charge is 0.345 e. The summed E-state index contributed by atoms with van der Waals surface area (Å²) < 4.78 is 49.2. The molecule has 1 rings (SSSR count). The van der Waals surface area contributed by atoms with Gasteiger partial charge >= 0.3 is 15.2 Å². The zero-order valence-corrected chi connectivity index (χ0v) is 21.0. The van der Waals surface area contributed by atoms with Crippen LogP contribution in [0, 0.1) is 0 Å². The molecular formula is C22H38O6P2. The molecule has 0 aliphatic carbocycles. The van der Waals surface area contributed by atoms with Crippen molar-refractivity contribution in [3.63, 3.8) is 0 Å². The predicted octanol–water partition coefficient (Wildman–Crippen LogP) is 7.29. The lowest BCUT2D eigenvalue weighted by molar-refractivity contribution is 0.193. The highest BCUT2D eigenvalue weighted by molar-refractivity contribution is 7.72. The second-order valence-corrected chi connectivity index (χ2v) is 11.9. The van der Waals surface area contributed by atoms with Gasteiger partial charge in [0, 0.05) is 0 Å². The number of hydrogen-bond acceptors (Lipinski definition) is 6. The Bertz CT molecular complexity index is 708. The minimum atomic E-state index is -3.68. The maximum atomic E-state index is 13.5. The van der Waals surface area contributed by atoms with Gasteiger partial charge in [-0.3, -0.25) is 9.13 Å². The smallest absolute Gasteiger partial charge is 0.308 e. The van der Waals surface area contributed by atoms with E-state index in [2.05, 4.69) is 38.1 Å². The Morgan fingerprint density at radius 3 is 1.83 bits per heavy atom. The van der Waals surface area contributed by atoms with E-state index < -0.39 is 20.6 Å². The Hall–Kier alpha value is -0.740. The van der Waals surface area contributed by atoms with E-state index >= 15 is 0 Å². The zero-order chi connectivity index (χ0) is 22.6. The third kappa shape index (κ3) is 8.42. The highest BCUT2D eigenvalue weighted by Gasteiger charge is 2.50. The minimum Gasteiger partial charge on any atom is -0.308 e. The first-order valence-corrected chi connectivity index (χ1v) is 14.0. The fourth-order valence-electron chi connectivity index (χ4n) is 3.29. The van der Waals surface area contributed by atoms with E-state index in [0.717, 1.165) is 17.5 Å². The highest BCUT2D eigenvalue weighted by Crippen LogP contribution is 2.71. The molecule has 1 aromatic rings. The quantitative estimate of drug-likeness (QED) is 0.256. The van der Waals surface area contributed by atoms with Crippen molar-refractivity contribution in [1.82, 2.24) is 0 Å². The van der Waals surface area contributed by atoms with E-state index in [4.69, 9.17) is 18.1 Å². The fourth-order valence-corrected chi connectivity index (χ4v) is 8.75. The normalized spacial score (nSPS) is 12.4. The van der Waals surface area contributed by atoms with E-state index in [9.17, 15) is 9.13 Å². The number of benzene rings is 1. The third-order valence-corrected chi connectivity index (χ3v) is 10.4. The van der Waals surface area contributed by atoms with Crippen molar-refractivity contribution in [2.24, 2.45) is 0 Å². The average Bonchev–Trinajstić information content (AvgIpc) is 2.65. The van der Waals surface area contributed by atoms with Crippen LogP contribution in [0.5, 0.6) is 0 Å². The van der Waals surface area contributed by atoms with E-state index in [-0.39, 0.29) is 26.4 Å². The van der Waals surface area contributed by atoms with Gasteiger partial charge in [0.1, 0.15) is 0 Å². The number of aryl methyl sites for hydroxylation is 1. The van der Waals surface area contributed by atoms with Crippen molar-refractivity contribution >= 4 is 21.3 Å². The summed E-state index contributed by atoms with van der Waals surface area (Å²) in [6, 6.07) is 8.29. The second kappa shape index (κ2) is 13.6. The minimum absolute atomic E-state index is 0.191. The van der Waals surface area contributed by atoms with Crippen molar-refractivity contribution in [3.8, 4) is 0 Å². The maximum Gasteiger partial charge on any atom is 0.345 e. The van der Waals surface area contributed by atoms with Crippen molar-refractivity contribution in [2.75, 3.05) is 26.4 Å². The molecule has 0 spiro atoms. The number of rotatable bonds is 15. The molecule has 0 radical (unpaired) electrons. The summed E-state index contributed by atoms with van der Waals surface area (Å²) >= 11 is 0. The molecule has 0 atom stereocenters. The monoisotopic (exact) mass is 460 g/mol. The van der Waals surface area contributed by atoms with E-state index in [1.807, 2.05) is 6.07 Å². The van der Waals surface area contributed by atoms with Gasteiger partial charge < -0.3 is 18.1 Å². The van der Waals surface area contributed by atoms with Crippen LogP contribution < -0.4 is 0 Å². The molecule has 30 heavy (non-hydrogen) atoms. The Kier molecular flexibility index (Phi) is 12.4. The van der Waals surface area contributed by atoms with Crippen LogP contribution >= 0.6 is 15.2 Å². The summed E-state index contributed by atoms with van der Waals surface area (Å²) in [5.74, 6) is 0. The molecule has 0 fully saturated rings. The lowest BCUT2D eigenvalue weighted by Crippen LogP contribution is -2.18. The molecule has 0 heterocycles. The Morgan fingerprint density at radius 1 is 0.900 bits per heavy atom. The first kappa shape index (κ1) is 27.3. The van der Waals surface area contributed by atoms with Gasteiger partial charge in [-0.15, -0.1) is 0 Å². The van der Waals surface area contributed by atoms with E-state index in [1.54, 1.807) is 27.7 Å². The standard InChI is InChI=1S/C22H38O6P2/c1-7-25-29(23,26-8-2)22(30(24,27-9-3)28-10-4)16-12-14-20-13-11-15-21(18-20)17-19(5)6/h11,13,15,17-18,22H,7-10,12,14,16H2,1-6H3. The molecule has 0 bridgehead atoms. The molecule has 0 amide bonds. The Labute approximate surface area is 182 Å². The number of hydrogen-bond donors (Lipinski definition) is 0. The lowest BCUT2D eigenvalue weighted by Gasteiger charge is -2.31. The molecule has 172 valence electrons. The Balaban J connectivity index is 3.10. The molecule has 0 aromatic heterocycles. The first-order chi connectivity index (χ1) is 14.2. The predicted molar refractivity (Wildman–Crippen MR) is 124 cm³/mol. The van der Waals surface area contributed by atoms with Gasteiger partial charge in [0.15, 0.2) is 5.40 Å². The fraction of sp³-hybridized carbons (Fsp3) is 0.636. The van der Waals surface area contributed by atoms with Crippen LogP contribution in [-0.2, 0) is 33.6 Å². The van der Waals surface area contributed by atoms with Gasteiger partial charge in [-0.05, 0) is 71.9 Å². The molecule has 0 unspecified atom stereocenters. The summed E-state index contributed by atoms with van der Waals surface area (Å²) in [4.78, 5) is 0. The van der Waals surface area contributed by atoms with Crippen LogP contribution in [0.25, 0.3) is 6.08 Å². The van der Waals surface area contributed by atoms with Gasteiger partial charge in [0.2, 0.25) is 0 Å². The molecule has 6 nitrogen and oxygen atoms in total. The van der Waals surface area contributed by atoms with Crippen LogP contribution in [0.15, 0.2) is 29.8 Å². The summed E-state index contributed by atoms with van der Waals surface area (Å²) in [5, 5.41) is -0.953. The summed E-state index contributed by atoms with van der Waals surface area (Å²) in [6.45, 7) is 11.9. The van der Waals surface area contributed by atoms with Crippen LogP contribution in [0.3, 0.4) is 0 Å². The Morgan fingerprint density at radius 2 is 1.40 bits per heavy atom. The lowest BCUT2D eigenvalue weighted by atomic mass is 10.0. The van der Waals surface area contributed by atoms with Gasteiger partial charge in [0.05, 0.1) is 26.4 Å². The molecule has 1 aromatic carbocycles. The van der Waals surface area contributed by atoms with Gasteiger partial charge in [-0.25, -0.2) is 0 Å². The van der Waals surface area contributed by atoms with E-state index in [1.165, 1.54) is 5.57 Å². The molecule has 0 saturated carbocycles. The van der Waals surface area contributed by atoms with Gasteiger partial charge in [0.25, 0.3) is 0 Å². The van der Waals surface area contributed by atoms with Crippen LogP contribution in [-0.4, -0.2) is 31.8 Å². The van der Waals surface area contributed by atoms with Crippen molar-refractivity contribution < 1.29 is 27.2 Å². The van der Waals surface area contributed by atoms with Crippen molar-refractivity contribution in [3.05, 3.63) is 41.0 Å². The molecule has 0 aliphatic heterocycles. The summed E-state index contributed by atoms with van der Waals surface area (Å²) in [6.07, 6.45) is 3.87. The molecule has 0 N–H and O–H groups in total. The van der Waals surface area contributed by atoms with Crippen molar-refractivity contribution in [2.45, 2.75) is 66.2 Å². The molecular weight excluding hydrogens is 422 g/mol. The molecule has 8 heteroatoms. The second-order valence-electron chi connectivity index (χ2n) is 7.09. The highest BCUT2D eigenvalue weighted by atomic mass is 31.2. The third-order valence-electron chi connectivity index (χ3n) is 4.30. The number of allylic oxidation sites excluding steroid dienone is 1. The average molecular weight is 460 g/mol. The summed E-state index contributed by atoms with van der Waals surface area (Å²) in [5.41, 5.74) is 3.54. The molecule has 0 aliphatic rings. The SMILES string of the molecule is CCOP(=O)(OCC)C(CCCc1cccc(C=C(C)C)c1)P(=O)(OCC)OCC. The van der Waals surface area contributed by atoms with Crippen molar-refractivity contribution in [1.29, 1.82) is 0 Å². The van der Waals surface area contributed by atoms with Crippen LogP contribution in [0.4, 0.5) is 0 Å². The maximum absolute atomic E-state index is 13.5. The molecule has 0 saturated heterocycles.